The first-order valence-corrected chi connectivity index (χ1v) is 6.87. The van der Waals surface area contributed by atoms with Crippen LogP contribution in [-0.4, -0.2) is 9.97 Å². The Bertz CT molecular complexity index is 712. The number of hydrogen-bond acceptors (Lipinski definition) is 3. The Kier molecular flexibility index (Phi) is 3.92. The van der Waals surface area contributed by atoms with Crippen LogP contribution in [-0.2, 0) is 6.61 Å². The standard InChI is InChI=1S/C18H16N2O/c1-14-7-8-16(17-9-10-19-13-20-17)18(11-14)21-12-15-5-3-2-4-6-15/h2-11,13H,12H2,1H3. The zero-order valence-electron chi connectivity index (χ0n) is 11.9. The number of aromatic nitrogens is 2. The van der Waals surface area contributed by atoms with Gasteiger partial charge in [0.1, 0.15) is 18.7 Å². The van der Waals surface area contributed by atoms with Crippen molar-refractivity contribution in [3.05, 3.63) is 78.2 Å². The van der Waals surface area contributed by atoms with Crippen LogP contribution >= 0.6 is 0 Å². The fraction of sp³-hybridized carbons (Fsp3) is 0.111. The molecule has 0 radical (unpaired) electrons. The first-order valence-electron chi connectivity index (χ1n) is 6.87. The van der Waals surface area contributed by atoms with Gasteiger partial charge >= 0.3 is 0 Å². The molecule has 3 aromatic rings. The minimum absolute atomic E-state index is 0.544. The second-order valence-corrected chi connectivity index (χ2v) is 4.87. The van der Waals surface area contributed by atoms with Gasteiger partial charge in [0.2, 0.25) is 0 Å². The third-order valence-corrected chi connectivity index (χ3v) is 3.23. The number of ether oxygens (including phenoxy) is 1. The Balaban J connectivity index is 1.89. The van der Waals surface area contributed by atoms with Crippen LogP contribution < -0.4 is 4.74 Å². The van der Waals surface area contributed by atoms with E-state index >= 15 is 0 Å². The average Bonchev–Trinajstić information content (AvgIpc) is 2.55. The van der Waals surface area contributed by atoms with E-state index in [1.807, 2.05) is 36.4 Å². The molecule has 21 heavy (non-hydrogen) atoms. The summed E-state index contributed by atoms with van der Waals surface area (Å²) in [7, 11) is 0. The van der Waals surface area contributed by atoms with Gasteiger partial charge in [-0.3, -0.25) is 0 Å². The lowest BCUT2D eigenvalue weighted by Crippen LogP contribution is -1.98. The normalized spacial score (nSPS) is 10.3. The molecular weight excluding hydrogens is 260 g/mol. The molecule has 0 unspecified atom stereocenters. The Labute approximate surface area is 124 Å². The minimum atomic E-state index is 0.544. The highest BCUT2D eigenvalue weighted by atomic mass is 16.5. The van der Waals surface area contributed by atoms with E-state index in [1.165, 1.54) is 0 Å². The second-order valence-electron chi connectivity index (χ2n) is 4.87. The van der Waals surface area contributed by atoms with Gasteiger partial charge in [-0.05, 0) is 36.2 Å². The summed E-state index contributed by atoms with van der Waals surface area (Å²) in [5.41, 5.74) is 4.16. The summed E-state index contributed by atoms with van der Waals surface area (Å²) in [5, 5.41) is 0. The summed E-state index contributed by atoms with van der Waals surface area (Å²) in [6.07, 6.45) is 3.29. The summed E-state index contributed by atoms with van der Waals surface area (Å²) in [5.74, 6) is 0.845. The van der Waals surface area contributed by atoms with Gasteiger partial charge in [0.05, 0.1) is 5.69 Å². The van der Waals surface area contributed by atoms with E-state index in [4.69, 9.17) is 4.74 Å². The fourth-order valence-electron chi connectivity index (χ4n) is 2.15. The molecule has 0 amide bonds. The van der Waals surface area contributed by atoms with Crippen molar-refractivity contribution >= 4 is 0 Å². The molecule has 0 saturated heterocycles. The Morgan fingerprint density at radius 1 is 1.00 bits per heavy atom. The SMILES string of the molecule is Cc1ccc(-c2ccncn2)c(OCc2ccccc2)c1. The lowest BCUT2D eigenvalue weighted by molar-refractivity contribution is 0.307. The van der Waals surface area contributed by atoms with E-state index in [9.17, 15) is 0 Å². The maximum absolute atomic E-state index is 6.00. The molecule has 0 fully saturated rings. The topological polar surface area (TPSA) is 35.0 Å². The van der Waals surface area contributed by atoms with E-state index in [1.54, 1.807) is 12.5 Å². The van der Waals surface area contributed by atoms with Gasteiger partial charge < -0.3 is 4.74 Å². The van der Waals surface area contributed by atoms with Crippen LogP contribution in [0.25, 0.3) is 11.3 Å². The first kappa shape index (κ1) is 13.3. The van der Waals surface area contributed by atoms with Gasteiger partial charge in [-0.15, -0.1) is 0 Å². The molecule has 3 rings (SSSR count). The van der Waals surface area contributed by atoms with Gasteiger partial charge in [-0.25, -0.2) is 9.97 Å². The maximum atomic E-state index is 6.00. The van der Waals surface area contributed by atoms with E-state index < -0.39 is 0 Å². The molecule has 0 spiro atoms. The van der Waals surface area contributed by atoms with E-state index in [0.29, 0.717) is 6.61 Å². The summed E-state index contributed by atoms with van der Waals surface area (Å²) in [4.78, 5) is 8.26. The van der Waals surface area contributed by atoms with Crippen LogP contribution in [0.3, 0.4) is 0 Å². The quantitative estimate of drug-likeness (QED) is 0.721. The summed E-state index contributed by atoms with van der Waals surface area (Å²) in [6, 6.07) is 18.2. The van der Waals surface area contributed by atoms with E-state index in [-0.39, 0.29) is 0 Å². The Morgan fingerprint density at radius 3 is 2.62 bits per heavy atom. The van der Waals surface area contributed by atoms with Crippen molar-refractivity contribution in [1.29, 1.82) is 0 Å². The highest BCUT2D eigenvalue weighted by Crippen LogP contribution is 2.29. The molecular formula is C18H16N2O. The Morgan fingerprint density at radius 2 is 1.86 bits per heavy atom. The van der Waals surface area contributed by atoms with Gasteiger partial charge in [-0.1, -0.05) is 36.4 Å². The predicted octanol–water partition coefficient (Wildman–Crippen LogP) is 4.03. The third-order valence-electron chi connectivity index (χ3n) is 3.23. The highest BCUT2D eigenvalue weighted by Gasteiger charge is 2.08. The van der Waals surface area contributed by atoms with Crippen LogP contribution in [0.4, 0.5) is 0 Å². The number of rotatable bonds is 4. The molecule has 104 valence electrons. The second kappa shape index (κ2) is 6.18. The molecule has 3 nitrogen and oxygen atoms in total. The van der Waals surface area contributed by atoms with Gasteiger partial charge in [0.25, 0.3) is 0 Å². The van der Waals surface area contributed by atoms with Crippen molar-refractivity contribution in [3.8, 4) is 17.0 Å². The first-order chi connectivity index (χ1) is 10.3. The zero-order chi connectivity index (χ0) is 14.5. The molecule has 1 aromatic heterocycles. The number of benzene rings is 2. The average molecular weight is 276 g/mol. The van der Waals surface area contributed by atoms with Gasteiger partial charge in [-0.2, -0.15) is 0 Å². The van der Waals surface area contributed by atoms with E-state index in [2.05, 4.69) is 35.1 Å². The van der Waals surface area contributed by atoms with Crippen molar-refractivity contribution in [2.75, 3.05) is 0 Å². The molecule has 0 aliphatic rings. The molecule has 1 heterocycles. The van der Waals surface area contributed by atoms with E-state index in [0.717, 1.165) is 28.1 Å². The van der Waals surface area contributed by atoms with Crippen LogP contribution in [0.2, 0.25) is 0 Å². The molecule has 0 N–H and O–H groups in total. The molecule has 0 atom stereocenters. The fourth-order valence-corrected chi connectivity index (χ4v) is 2.15. The predicted molar refractivity (Wildman–Crippen MR) is 83.0 cm³/mol. The smallest absolute Gasteiger partial charge is 0.129 e. The van der Waals surface area contributed by atoms with Crippen molar-refractivity contribution in [1.82, 2.24) is 9.97 Å². The highest BCUT2D eigenvalue weighted by molar-refractivity contribution is 5.67. The van der Waals surface area contributed by atoms with Gasteiger partial charge in [0, 0.05) is 11.8 Å². The van der Waals surface area contributed by atoms with Gasteiger partial charge in [0.15, 0.2) is 0 Å². The van der Waals surface area contributed by atoms with Crippen molar-refractivity contribution in [2.45, 2.75) is 13.5 Å². The molecule has 0 aliphatic carbocycles. The summed E-state index contributed by atoms with van der Waals surface area (Å²) in [6.45, 7) is 2.60. The molecule has 2 aromatic carbocycles. The number of aryl methyl sites for hydroxylation is 1. The van der Waals surface area contributed by atoms with Crippen molar-refractivity contribution < 1.29 is 4.74 Å². The van der Waals surface area contributed by atoms with Crippen molar-refractivity contribution in [3.63, 3.8) is 0 Å². The van der Waals surface area contributed by atoms with Crippen LogP contribution in [0, 0.1) is 6.92 Å². The van der Waals surface area contributed by atoms with Crippen LogP contribution in [0.5, 0.6) is 5.75 Å². The molecule has 0 saturated carbocycles. The number of nitrogens with zero attached hydrogens (tertiary/aromatic N) is 2. The largest absolute Gasteiger partial charge is 0.488 e. The monoisotopic (exact) mass is 276 g/mol. The molecule has 3 heteroatoms. The van der Waals surface area contributed by atoms with Crippen LogP contribution in [0.1, 0.15) is 11.1 Å². The number of hydrogen-bond donors (Lipinski definition) is 0. The minimum Gasteiger partial charge on any atom is -0.488 e. The lowest BCUT2D eigenvalue weighted by Gasteiger charge is -2.12. The third kappa shape index (κ3) is 3.26. The van der Waals surface area contributed by atoms with Crippen molar-refractivity contribution in [2.24, 2.45) is 0 Å². The Hall–Kier alpha value is -2.68. The molecule has 0 bridgehead atoms. The summed E-state index contributed by atoms with van der Waals surface area (Å²) >= 11 is 0. The van der Waals surface area contributed by atoms with Crippen LogP contribution in [0.15, 0.2) is 67.1 Å². The maximum Gasteiger partial charge on any atom is 0.129 e. The zero-order valence-corrected chi connectivity index (χ0v) is 11.9. The molecule has 0 aliphatic heterocycles. The summed E-state index contributed by atoms with van der Waals surface area (Å²) < 4.78 is 6.00. The lowest BCUT2D eigenvalue weighted by atomic mass is 10.1.